The van der Waals surface area contributed by atoms with E-state index in [2.05, 4.69) is 441 Å². The van der Waals surface area contributed by atoms with Gasteiger partial charge in [-0.25, -0.2) is 0 Å². The molecule has 0 saturated heterocycles. The van der Waals surface area contributed by atoms with E-state index in [0.717, 1.165) is 0 Å². The Morgan fingerprint density at radius 3 is 1.00 bits per heavy atom. The van der Waals surface area contributed by atoms with Gasteiger partial charge in [-0.1, -0.05) is 273 Å². The van der Waals surface area contributed by atoms with Gasteiger partial charge in [0.05, 0.1) is 55.5 Å². The van der Waals surface area contributed by atoms with E-state index >= 15 is 0 Å². The standard InChI is InChI=1S/C54H34N2.C40H26N2.C12H6/c1-2-16-36(17-3-1)53-42-22-6-8-24-44(42)54(45-25-9-7-23-43(45)53)56-50-27-13-11-21-41(50)47-34-38(30-32-52(47)56)37-29-31-51-46(33-37)40-20-10-12-26-49(40)55(51)48-28-14-18-35-15-4-5-19-39(35)48;1-2-12-31(13-3-1)41-37-16-8-6-14-33(37)35-25-29(19-22-39(35)41)30-20-23-40-36(26-30)34-15-7-9-17-38(34)42(40)32-21-18-27-10-4-5-11-28(27)24-32;1-3-5-7-9-11-12-10-8-6-4-2/h1-34H;1-26H;1-2H3. The summed E-state index contributed by atoms with van der Waals surface area (Å²) in [6.45, 7) is 3.44. The summed E-state index contributed by atoms with van der Waals surface area (Å²) < 4.78 is 9.71. The third-order valence-electron chi connectivity index (χ3n) is 21.2. The van der Waals surface area contributed by atoms with E-state index in [1.165, 1.54) is 186 Å². The van der Waals surface area contributed by atoms with E-state index in [4.69, 9.17) is 0 Å². The largest absolute Gasteiger partial charge is 0.309 e. The molecule has 0 fully saturated rings. The van der Waals surface area contributed by atoms with E-state index < -0.39 is 0 Å². The van der Waals surface area contributed by atoms with Gasteiger partial charge in [0.15, 0.2) is 0 Å². The number of para-hydroxylation sites is 5. The van der Waals surface area contributed by atoms with Crippen molar-refractivity contribution in [1.82, 2.24) is 18.3 Å². The summed E-state index contributed by atoms with van der Waals surface area (Å²) >= 11 is 0. The molecule has 17 aromatic carbocycles. The fourth-order valence-electron chi connectivity index (χ4n) is 16.5. The van der Waals surface area contributed by atoms with Gasteiger partial charge >= 0.3 is 0 Å². The molecule has 0 N–H and O–H groups in total. The van der Waals surface area contributed by atoms with Crippen molar-refractivity contribution in [3.63, 3.8) is 0 Å². The summed E-state index contributed by atoms with van der Waals surface area (Å²) in [4.78, 5) is 0. The lowest BCUT2D eigenvalue weighted by Crippen LogP contribution is -1.99. The van der Waals surface area contributed by atoms with Gasteiger partial charge < -0.3 is 18.3 Å². The number of fused-ring (bicyclic) bond motifs is 16. The summed E-state index contributed by atoms with van der Waals surface area (Å²) in [7, 11) is 0. The van der Waals surface area contributed by atoms with E-state index in [9.17, 15) is 0 Å². The number of benzene rings is 17. The van der Waals surface area contributed by atoms with Crippen LogP contribution in [0.3, 0.4) is 0 Å². The molecule has 4 nitrogen and oxygen atoms in total. The molecular weight excluding hydrogens is 1330 g/mol. The molecule has 0 spiro atoms. The van der Waals surface area contributed by atoms with Crippen LogP contribution in [0, 0.1) is 59.2 Å². The molecule has 4 aromatic heterocycles. The van der Waals surface area contributed by atoms with Gasteiger partial charge in [-0.15, -0.1) is 0 Å². The van der Waals surface area contributed by atoms with Gasteiger partial charge in [0, 0.05) is 70.6 Å². The molecular formula is C106H66N4. The molecule has 0 aliphatic carbocycles. The minimum Gasteiger partial charge on any atom is -0.309 e. The zero-order chi connectivity index (χ0) is 73.4. The van der Waals surface area contributed by atoms with Gasteiger partial charge in [0.2, 0.25) is 0 Å². The van der Waals surface area contributed by atoms with Crippen LogP contribution in [0.25, 0.3) is 186 Å². The third kappa shape index (κ3) is 11.5. The lowest BCUT2D eigenvalue weighted by atomic mass is 9.90. The van der Waals surface area contributed by atoms with Gasteiger partial charge in [0.1, 0.15) is 0 Å². The first kappa shape index (κ1) is 65.5. The lowest BCUT2D eigenvalue weighted by Gasteiger charge is -2.19. The first-order valence-electron chi connectivity index (χ1n) is 37.1. The van der Waals surface area contributed by atoms with Crippen LogP contribution in [0.2, 0.25) is 0 Å². The van der Waals surface area contributed by atoms with Gasteiger partial charge in [-0.05, 0) is 225 Å². The Morgan fingerprint density at radius 2 is 0.518 bits per heavy atom. The maximum atomic E-state index is 2.63. The molecule has 110 heavy (non-hydrogen) atoms. The van der Waals surface area contributed by atoms with Crippen molar-refractivity contribution in [2.45, 2.75) is 13.8 Å². The smallest absolute Gasteiger partial charge is 0.0619 e. The van der Waals surface area contributed by atoms with E-state index in [1.807, 2.05) is 0 Å². The Kier molecular flexibility index (Phi) is 16.9. The van der Waals surface area contributed by atoms with Gasteiger partial charge in [0.25, 0.3) is 0 Å². The molecule has 21 aromatic rings. The first-order valence-corrected chi connectivity index (χ1v) is 37.1. The van der Waals surface area contributed by atoms with Crippen LogP contribution >= 0.6 is 0 Å². The Balaban J connectivity index is 0.000000134. The number of rotatable bonds is 7. The highest BCUT2D eigenvalue weighted by Gasteiger charge is 2.23. The highest BCUT2D eigenvalue weighted by molar-refractivity contribution is 6.22. The van der Waals surface area contributed by atoms with Crippen molar-refractivity contribution >= 4 is 130 Å². The van der Waals surface area contributed by atoms with Crippen LogP contribution in [-0.2, 0) is 0 Å². The molecule has 0 atom stereocenters. The van der Waals surface area contributed by atoms with Crippen molar-refractivity contribution in [3.05, 3.63) is 364 Å². The molecule has 4 heteroatoms. The van der Waals surface area contributed by atoms with Crippen LogP contribution in [0.1, 0.15) is 13.8 Å². The fourth-order valence-corrected chi connectivity index (χ4v) is 16.5. The second kappa shape index (κ2) is 28.3. The third-order valence-corrected chi connectivity index (χ3v) is 21.2. The molecule has 0 aliphatic heterocycles. The van der Waals surface area contributed by atoms with E-state index in [-0.39, 0.29) is 0 Å². The quantitative estimate of drug-likeness (QED) is 0.112. The summed E-state index contributed by atoms with van der Waals surface area (Å²) in [5.74, 6) is 25.6. The van der Waals surface area contributed by atoms with Crippen molar-refractivity contribution in [2.75, 3.05) is 0 Å². The fraction of sp³-hybridized carbons (Fsp3) is 0.0189. The topological polar surface area (TPSA) is 19.7 Å². The first-order chi connectivity index (χ1) is 54.6. The predicted molar refractivity (Wildman–Crippen MR) is 467 cm³/mol. The number of nitrogens with zero attached hydrogens (tertiary/aromatic N) is 4. The van der Waals surface area contributed by atoms with E-state index in [1.54, 1.807) is 13.8 Å². The van der Waals surface area contributed by atoms with Crippen LogP contribution in [-0.4, -0.2) is 18.3 Å². The summed E-state index contributed by atoms with van der Waals surface area (Å²) in [5, 5.41) is 20.1. The Labute approximate surface area is 637 Å². The minimum absolute atomic E-state index is 1.18. The predicted octanol–water partition coefficient (Wildman–Crippen LogP) is 26.4. The molecule has 4 heterocycles. The molecule has 21 rings (SSSR count). The monoisotopic (exact) mass is 1390 g/mol. The summed E-state index contributed by atoms with van der Waals surface area (Å²) in [5.41, 5.74) is 21.9. The van der Waals surface area contributed by atoms with Crippen molar-refractivity contribution in [2.24, 2.45) is 0 Å². The van der Waals surface area contributed by atoms with Crippen LogP contribution in [0.15, 0.2) is 364 Å². The number of hydrogen-bond donors (Lipinski definition) is 0. The van der Waals surface area contributed by atoms with Crippen molar-refractivity contribution < 1.29 is 0 Å². The molecule has 0 radical (unpaired) electrons. The Bertz CT molecular complexity index is 7540. The number of aromatic nitrogens is 4. The van der Waals surface area contributed by atoms with Gasteiger partial charge in [-0.2, -0.15) is 0 Å². The molecule has 0 aliphatic rings. The second-order valence-electron chi connectivity index (χ2n) is 27.4. The Morgan fingerprint density at radius 1 is 0.182 bits per heavy atom. The van der Waals surface area contributed by atoms with Crippen molar-refractivity contribution in [3.8, 4) is 115 Å². The lowest BCUT2D eigenvalue weighted by molar-refractivity contribution is 1.18. The normalized spacial score (nSPS) is 11.0. The zero-order valence-electron chi connectivity index (χ0n) is 60.4. The van der Waals surface area contributed by atoms with Crippen LogP contribution < -0.4 is 0 Å². The molecule has 0 saturated carbocycles. The number of hydrogen-bond acceptors (Lipinski definition) is 0. The molecule has 0 amide bonds. The SMILES string of the molecule is CC#CC#CC#CC#CC#CC.c1ccc(-c2c3ccccc3c(-n3c4ccccc4c4cc(-c5ccc6c(c5)c5ccccc5n6-c5cccc6ccccc56)ccc43)c3ccccc23)cc1.c1ccc(-n2c3ccccc3c3cc(-c4ccc5c(c4)c4ccccc4n5-c4ccc5ccccc5c4)ccc32)cc1. The summed E-state index contributed by atoms with van der Waals surface area (Å²) in [6, 6.07) is 133. The van der Waals surface area contributed by atoms with Crippen molar-refractivity contribution in [1.29, 1.82) is 0 Å². The average molecular weight is 1400 g/mol. The maximum Gasteiger partial charge on any atom is 0.0619 e. The van der Waals surface area contributed by atoms with Crippen LogP contribution in [0.5, 0.6) is 0 Å². The maximum absolute atomic E-state index is 2.63. The highest BCUT2D eigenvalue weighted by atomic mass is 15.0. The highest BCUT2D eigenvalue weighted by Crippen LogP contribution is 2.46. The molecule has 0 bridgehead atoms. The summed E-state index contributed by atoms with van der Waals surface area (Å²) in [6.07, 6.45) is 0. The van der Waals surface area contributed by atoms with Crippen LogP contribution in [0.4, 0.5) is 0 Å². The zero-order valence-corrected chi connectivity index (χ0v) is 60.4. The van der Waals surface area contributed by atoms with E-state index in [0.29, 0.717) is 0 Å². The Hall–Kier alpha value is -15.2. The molecule has 0 unspecified atom stereocenters. The minimum atomic E-state index is 1.18. The van der Waals surface area contributed by atoms with Gasteiger partial charge in [-0.3, -0.25) is 0 Å². The average Bonchev–Trinajstić information content (AvgIpc) is 1.45. The second-order valence-corrected chi connectivity index (χ2v) is 27.4. The molecule has 510 valence electrons.